The number of aromatic nitrogens is 2. The minimum Gasteiger partial charge on any atom is -0.508 e. The van der Waals surface area contributed by atoms with Crippen molar-refractivity contribution in [2.24, 2.45) is 0 Å². The number of nitrogens with zero attached hydrogens (tertiary/aromatic N) is 2. The lowest BCUT2D eigenvalue weighted by Crippen LogP contribution is -2.38. The summed E-state index contributed by atoms with van der Waals surface area (Å²) in [6, 6.07) is 14.1. The number of carbonyl (C=O) groups excluding carboxylic acids is 1. The third kappa shape index (κ3) is 4.94. The first kappa shape index (κ1) is 20.7. The van der Waals surface area contributed by atoms with Crippen LogP contribution in [0.25, 0.3) is 22.5 Å². The highest BCUT2D eigenvalue weighted by atomic mass is 16.5. The number of carbonyl (C=O) groups is 1. The van der Waals surface area contributed by atoms with Crippen molar-refractivity contribution in [1.29, 1.82) is 0 Å². The average molecular weight is 419 g/mol. The van der Waals surface area contributed by atoms with E-state index in [1.807, 2.05) is 17.0 Å². The third-order valence-electron chi connectivity index (χ3n) is 5.47. The van der Waals surface area contributed by atoms with Crippen LogP contribution in [0.2, 0.25) is 0 Å². The number of hydrogen-bond acceptors (Lipinski definition) is 5. The standard InChI is InChI=1S/C24H25N3O4/c1-16-13-18(7-10-22(16)28)21-14-20(25-24(30)26-21)17-5-8-19(9-6-17)31-15-23(29)27-11-3-2-4-12-27/h5-10,13-14,28H,2-4,11-12,15H2,1H3,(H,25,26,30). The second kappa shape index (κ2) is 9.04. The van der Waals surface area contributed by atoms with E-state index >= 15 is 0 Å². The molecule has 2 N–H and O–H groups in total. The van der Waals surface area contributed by atoms with Gasteiger partial charge in [0.2, 0.25) is 0 Å². The zero-order chi connectivity index (χ0) is 21.8. The van der Waals surface area contributed by atoms with Gasteiger partial charge in [0.05, 0.1) is 11.4 Å². The molecule has 4 rings (SSSR count). The highest BCUT2D eigenvalue weighted by Gasteiger charge is 2.16. The molecule has 2 heterocycles. The number of aromatic hydroxyl groups is 1. The Bertz CT molecular complexity index is 1130. The number of piperidine rings is 1. The molecule has 1 aromatic heterocycles. The van der Waals surface area contributed by atoms with Crippen molar-refractivity contribution >= 4 is 5.91 Å². The number of phenolic OH excluding ortho intramolecular Hbond substituents is 1. The molecule has 1 aliphatic heterocycles. The van der Waals surface area contributed by atoms with Gasteiger partial charge in [-0.1, -0.05) is 0 Å². The molecule has 31 heavy (non-hydrogen) atoms. The molecule has 0 bridgehead atoms. The molecule has 1 amide bonds. The van der Waals surface area contributed by atoms with Crippen LogP contribution < -0.4 is 10.4 Å². The van der Waals surface area contributed by atoms with E-state index in [1.165, 1.54) is 6.42 Å². The zero-order valence-corrected chi connectivity index (χ0v) is 17.4. The van der Waals surface area contributed by atoms with Gasteiger partial charge in [-0.2, -0.15) is 4.98 Å². The van der Waals surface area contributed by atoms with Crippen LogP contribution in [0.3, 0.4) is 0 Å². The summed E-state index contributed by atoms with van der Waals surface area (Å²) in [4.78, 5) is 33.0. The minimum absolute atomic E-state index is 0.0103. The van der Waals surface area contributed by atoms with Gasteiger partial charge in [-0.15, -0.1) is 0 Å². The minimum atomic E-state index is -0.453. The molecule has 0 radical (unpaired) electrons. The molecule has 1 fully saturated rings. The number of H-pyrrole nitrogens is 1. The number of likely N-dealkylation sites (tertiary alicyclic amines) is 1. The summed E-state index contributed by atoms with van der Waals surface area (Å²) in [6.45, 7) is 3.43. The van der Waals surface area contributed by atoms with E-state index in [0.717, 1.165) is 37.1 Å². The predicted molar refractivity (Wildman–Crippen MR) is 118 cm³/mol. The summed E-state index contributed by atoms with van der Waals surface area (Å²) in [5.74, 6) is 0.805. The average Bonchev–Trinajstić information content (AvgIpc) is 2.80. The molecule has 1 aliphatic rings. The maximum absolute atomic E-state index is 12.3. The molecule has 3 aromatic rings. The van der Waals surface area contributed by atoms with Gasteiger partial charge in [0, 0.05) is 18.7 Å². The highest BCUT2D eigenvalue weighted by molar-refractivity contribution is 5.78. The van der Waals surface area contributed by atoms with E-state index in [1.54, 1.807) is 43.3 Å². The Hall–Kier alpha value is -3.61. The van der Waals surface area contributed by atoms with Gasteiger partial charge in [-0.25, -0.2) is 4.79 Å². The fourth-order valence-corrected chi connectivity index (χ4v) is 3.69. The van der Waals surface area contributed by atoms with E-state index in [0.29, 0.717) is 22.7 Å². The van der Waals surface area contributed by atoms with Gasteiger partial charge in [0.1, 0.15) is 11.5 Å². The monoisotopic (exact) mass is 419 g/mol. The number of phenols is 1. The van der Waals surface area contributed by atoms with Crippen molar-refractivity contribution in [3.8, 4) is 34.0 Å². The zero-order valence-electron chi connectivity index (χ0n) is 17.4. The molecular weight excluding hydrogens is 394 g/mol. The van der Waals surface area contributed by atoms with Crippen molar-refractivity contribution in [2.75, 3.05) is 19.7 Å². The molecule has 0 atom stereocenters. The lowest BCUT2D eigenvalue weighted by molar-refractivity contribution is -0.134. The van der Waals surface area contributed by atoms with Crippen LogP contribution in [0.4, 0.5) is 0 Å². The lowest BCUT2D eigenvalue weighted by Gasteiger charge is -2.26. The van der Waals surface area contributed by atoms with Crippen LogP contribution in [-0.2, 0) is 4.79 Å². The van der Waals surface area contributed by atoms with Gasteiger partial charge in [0.15, 0.2) is 6.61 Å². The summed E-state index contributed by atoms with van der Waals surface area (Å²) >= 11 is 0. The van der Waals surface area contributed by atoms with Crippen molar-refractivity contribution < 1.29 is 14.6 Å². The van der Waals surface area contributed by atoms with Crippen LogP contribution in [0.5, 0.6) is 11.5 Å². The fourth-order valence-electron chi connectivity index (χ4n) is 3.69. The van der Waals surface area contributed by atoms with Crippen LogP contribution in [0.15, 0.2) is 53.3 Å². The van der Waals surface area contributed by atoms with E-state index in [9.17, 15) is 14.7 Å². The van der Waals surface area contributed by atoms with Crippen LogP contribution in [0, 0.1) is 6.92 Å². The van der Waals surface area contributed by atoms with Gasteiger partial charge >= 0.3 is 5.69 Å². The second-order valence-electron chi connectivity index (χ2n) is 7.74. The first-order valence-electron chi connectivity index (χ1n) is 10.4. The Morgan fingerprint density at radius 3 is 2.48 bits per heavy atom. The first-order chi connectivity index (χ1) is 15.0. The molecule has 0 aliphatic carbocycles. The van der Waals surface area contributed by atoms with Gasteiger partial charge in [-0.05, 0) is 85.8 Å². The van der Waals surface area contributed by atoms with Gasteiger partial charge in [0.25, 0.3) is 5.91 Å². The normalized spacial score (nSPS) is 13.8. The summed E-state index contributed by atoms with van der Waals surface area (Å²) in [5, 5.41) is 9.73. The SMILES string of the molecule is Cc1cc(-c2cc(-c3ccc(OCC(=O)N4CCCCC4)cc3)[nH]c(=O)n2)ccc1O. The summed E-state index contributed by atoms with van der Waals surface area (Å²) < 4.78 is 5.65. The number of nitrogens with one attached hydrogen (secondary N) is 1. The number of ether oxygens (including phenoxy) is 1. The smallest absolute Gasteiger partial charge is 0.345 e. The quantitative estimate of drug-likeness (QED) is 0.660. The summed E-state index contributed by atoms with van der Waals surface area (Å²) in [6.07, 6.45) is 3.28. The highest BCUT2D eigenvalue weighted by Crippen LogP contribution is 2.26. The Balaban J connectivity index is 1.48. The Kier molecular flexibility index (Phi) is 6.02. The number of amides is 1. The third-order valence-corrected chi connectivity index (χ3v) is 5.47. The van der Waals surface area contributed by atoms with E-state index in [2.05, 4.69) is 9.97 Å². The largest absolute Gasteiger partial charge is 0.508 e. The molecule has 2 aromatic carbocycles. The van der Waals surface area contributed by atoms with Crippen LogP contribution >= 0.6 is 0 Å². The Morgan fingerprint density at radius 1 is 1.06 bits per heavy atom. The number of hydrogen-bond donors (Lipinski definition) is 2. The molecule has 7 nitrogen and oxygen atoms in total. The fraction of sp³-hybridized carbons (Fsp3) is 0.292. The molecule has 0 saturated carbocycles. The molecule has 0 unspecified atom stereocenters. The molecule has 1 saturated heterocycles. The van der Waals surface area contributed by atoms with Crippen molar-refractivity contribution in [3.05, 3.63) is 64.6 Å². The summed E-state index contributed by atoms with van der Waals surface area (Å²) in [7, 11) is 0. The lowest BCUT2D eigenvalue weighted by atomic mass is 10.1. The topological polar surface area (TPSA) is 95.5 Å². The maximum Gasteiger partial charge on any atom is 0.345 e. The molecule has 7 heteroatoms. The van der Waals surface area contributed by atoms with E-state index < -0.39 is 5.69 Å². The molecule has 0 spiro atoms. The molecule has 160 valence electrons. The Morgan fingerprint density at radius 2 is 1.77 bits per heavy atom. The first-order valence-corrected chi connectivity index (χ1v) is 10.4. The number of aromatic amines is 1. The second-order valence-corrected chi connectivity index (χ2v) is 7.74. The number of rotatable bonds is 5. The van der Waals surface area contributed by atoms with Crippen LogP contribution in [0.1, 0.15) is 24.8 Å². The number of benzene rings is 2. The molecular formula is C24H25N3O4. The van der Waals surface area contributed by atoms with E-state index in [-0.39, 0.29) is 18.3 Å². The van der Waals surface area contributed by atoms with Crippen molar-refractivity contribution in [3.63, 3.8) is 0 Å². The van der Waals surface area contributed by atoms with Crippen LogP contribution in [-0.4, -0.2) is 45.6 Å². The van der Waals surface area contributed by atoms with Crippen molar-refractivity contribution in [2.45, 2.75) is 26.2 Å². The van der Waals surface area contributed by atoms with Gasteiger partial charge < -0.3 is 19.7 Å². The van der Waals surface area contributed by atoms with E-state index in [4.69, 9.17) is 4.74 Å². The predicted octanol–water partition coefficient (Wildman–Crippen LogP) is 3.51. The summed E-state index contributed by atoms with van der Waals surface area (Å²) in [5.41, 5.74) is 2.95. The van der Waals surface area contributed by atoms with Gasteiger partial charge in [-0.3, -0.25) is 4.79 Å². The number of aryl methyl sites for hydroxylation is 1. The maximum atomic E-state index is 12.3. The van der Waals surface area contributed by atoms with Crippen molar-refractivity contribution in [1.82, 2.24) is 14.9 Å². The Labute approximate surface area is 180 Å².